The predicted octanol–water partition coefficient (Wildman–Crippen LogP) is 0.991. The van der Waals surface area contributed by atoms with Crippen LogP contribution in [0.15, 0.2) is 12.2 Å². The molecular weight excluding hydrogens is 246 g/mol. The molecule has 5 nitrogen and oxygen atoms in total. The first-order valence-corrected chi connectivity index (χ1v) is 6.95. The van der Waals surface area contributed by atoms with Crippen molar-refractivity contribution in [3.05, 3.63) is 12.2 Å². The Bertz CT molecular complexity index is 231. The minimum atomic E-state index is 0.594. The van der Waals surface area contributed by atoms with Crippen molar-refractivity contribution in [1.82, 2.24) is 5.32 Å². The van der Waals surface area contributed by atoms with Crippen molar-refractivity contribution in [3.63, 3.8) is 0 Å². The molecule has 0 radical (unpaired) electrons. The van der Waals surface area contributed by atoms with Crippen LogP contribution in [0.5, 0.6) is 0 Å². The van der Waals surface area contributed by atoms with Crippen molar-refractivity contribution in [1.29, 1.82) is 0 Å². The second-order valence-electron chi connectivity index (χ2n) is 4.68. The van der Waals surface area contributed by atoms with Crippen LogP contribution in [0.2, 0.25) is 0 Å². The van der Waals surface area contributed by atoms with Gasteiger partial charge in [0.05, 0.1) is 46.2 Å². The van der Waals surface area contributed by atoms with Crippen LogP contribution >= 0.6 is 0 Å². The highest BCUT2D eigenvalue weighted by Crippen LogP contribution is 2.18. The number of hydrogen-bond acceptors (Lipinski definition) is 5. The minimum absolute atomic E-state index is 0.594. The van der Waals surface area contributed by atoms with Crippen LogP contribution in [0, 0.1) is 0 Å². The van der Waals surface area contributed by atoms with E-state index in [1.807, 2.05) is 0 Å². The quantitative estimate of drug-likeness (QED) is 0.378. The lowest BCUT2D eigenvalue weighted by atomic mass is 10.3. The van der Waals surface area contributed by atoms with Crippen LogP contribution in [0.25, 0.3) is 0 Å². The van der Waals surface area contributed by atoms with Crippen molar-refractivity contribution in [2.75, 3.05) is 59.9 Å². The third-order valence-electron chi connectivity index (χ3n) is 2.70. The Hall–Kier alpha value is -0.460. The SMILES string of the molecule is C=C(CNC1CC1)COCCOCCOCCOC. The van der Waals surface area contributed by atoms with E-state index in [0.717, 1.165) is 18.2 Å². The van der Waals surface area contributed by atoms with E-state index in [1.54, 1.807) is 7.11 Å². The van der Waals surface area contributed by atoms with E-state index in [-0.39, 0.29) is 0 Å². The minimum Gasteiger partial charge on any atom is -0.382 e. The fourth-order valence-corrected chi connectivity index (χ4v) is 1.43. The Labute approximate surface area is 116 Å². The molecule has 5 heteroatoms. The highest BCUT2D eigenvalue weighted by Gasteiger charge is 2.19. The zero-order valence-corrected chi connectivity index (χ0v) is 12.0. The second-order valence-corrected chi connectivity index (χ2v) is 4.68. The third-order valence-corrected chi connectivity index (χ3v) is 2.70. The van der Waals surface area contributed by atoms with Crippen LogP contribution in [-0.4, -0.2) is 65.9 Å². The van der Waals surface area contributed by atoms with Crippen LogP contribution in [-0.2, 0) is 18.9 Å². The van der Waals surface area contributed by atoms with Gasteiger partial charge in [-0.15, -0.1) is 0 Å². The van der Waals surface area contributed by atoms with Crippen LogP contribution < -0.4 is 5.32 Å². The molecule has 0 atom stereocenters. The molecule has 0 aromatic carbocycles. The van der Waals surface area contributed by atoms with Gasteiger partial charge < -0.3 is 24.3 Å². The van der Waals surface area contributed by atoms with Crippen molar-refractivity contribution >= 4 is 0 Å². The molecule has 1 rings (SSSR count). The summed E-state index contributed by atoms with van der Waals surface area (Å²) in [6.45, 7) is 9.06. The van der Waals surface area contributed by atoms with Crippen LogP contribution in [0.4, 0.5) is 0 Å². The molecule has 1 fully saturated rings. The van der Waals surface area contributed by atoms with Gasteiger partial charge in [0.25, 0.3) is 0 Å². The molecule has 0 aromatic rings. The second kappa shape index (κ2) is 11.4. The molecule has 1 N–H and O–H groups in total. The summed E-state index contributed by atoms with van der Waals surface area (Å²) in [5.41, 5.74) is 1.09. The Kier molecular flexibility index (Phi) is 9.93. The van der Waals surface area contributed by atoms with Crippen molar-refractivity contribution < 1.29 is 18.9 Å². The number of methoxy groups -OCH3 is 1. The van der Waals surface area contributed by atoms with E-state index in [1.165, 1.54) is 12.8 Å². The van der Waals surface area contributed by atoms with Gasteiger partial charge in [0.1, 0.15) is 0 Å². The number of rotatable bonds is 14. The Morgan fingerprint density at radius 1 is 1.00 bits per heavy atom. The van der Waals surface area contributed by atoms with Crippen LogP contribution in [0.1, 0.15) is 12.8 Å². The summed E-state index contributed by atoms with van der Waals surface area (Å²) in [5, 5.41) is 3.40. The van der Waals surface area contributed by atoms with Crippen molar-refractivity contribution in [2.45, 2.75) is 18.9 Å². The first kappa shape index (κ1) is 16.6. The summed E-state index contributed by atoms with van der Waals surface area (Å²) in [5.74, 6) is 0. The van der Waals surface area contributed by atoms with E-state index in [2.05, 4.69) is 11.9 Å². The van der Waals surface area contributed by atoms with E-state index in [4.69, 9.17) is 18.9 Å². The molecule has 0 unspecified atom stereocenters. The van der Waals surface area contributed by atoms with Gasteiger partial charge in [0, 0.05) is 19.7 Å². The van der Waals surface area contributed by atoms with Gasteiger partial charge in [0.15, 0.2) is 0 Å². The summed E-state index contributed by atoms with van der Waals surface area (Å²) in [7, 11) is 1.66. The van der Waals surface area contributed by atoms with Gasteiger partial charge in [-0.25, -0.2) is 0 Å². The smallest absolute Gasteiger partial charge is 0.0704 e. The lowest BCUT2D eigenvalue weighted by molar-refractivity contribution is 0.00633. The predicted molar refractivity (Wildman–Crippen MR) is 74.5 cm³/mol. The zero-order valence-electron chi connectivity index (χ0n) is 12.0. The molecule has 1 aliphatic carbocycles. The molecule has 0 aromatic heterocycles. The number of hydrogen-bond donors (Lipinski definition) is 1. The average Bonchev–Trinajstić information content (AvgIpc) is 3.23. The molecule has 0 spiro atoms. The highest BCUT2D eigenvalue weighted by atomic mass is 16.6. The first-order valence-electron chi connectivity index (χ1n) is 6.95. The van der Waals surface area contributed by atoms with E-state index in [9.17, 15) is 0 Å². The Balaban J connectivity index is 1.71. The Morgan fingerprint density at radius 3 is 2.16 bits per heavy atom. The fraction of sp³-hybridized carbons (Fsp3) is 0.857. The van der Waals surface area contributed by atoms with Gasteiger partial charge in [0.2, 0.25) is 0 Å². The summed E-state index contributed by atoms with van der Waals surface area (Å²) in [6.07, 6.45) is 2.60. The molecule has 0 heterocycles. The summed E-state index contributed by atoms with van der Waals surface area (Å²) in [6, 6.07) is 0.721. The summed E-state index contributed by atoms with van der Waals surface area (Å²) < 4.78 is 21.0. The highest BCUT2D eigenvalue weighted by molar-refractivity contribution is 4.99. The lowest BCUT2D eigenvalue weighted by Crippen LogP contribution is -2.21. The number of nitrogens with one attached hydrogen (secondary N) is 1. The molecule has 0 amide bonds. The van der Waals surface area contributed by atoms with Crippen molar-refractivity contribution in [2.24, 2.45) is 0 Å². The van der Waals surface area contributed by atoms with Crippen molar-refractivity contribution in [3.8, 4) is 0 Å². The first-order chi connectivity index (χ1) is 9.33. The standard InChI is InChI=1S/C14H27NO4/c1-13(11-15-14-3-4-14)12-19-10-9-18-8-7-17-6-5-16-2/h14-15H,1,3-12H2,2H3. The normalized spacial score (nSPS) is 14.8. The molecule has 0 bridgehead atoms. The summed E-state index contributed by atoms with van der Waals surface area (Å²) >= 11 is 0. The maximum absolute atomic E-state index is 5.47. The fourth-order valence-electron chi connectivity index (χ4n) is 1.43. The maximum Gasteiger partial charge on any atom is 0.0704 e. The molecule has 1 saturated carbocycles. The lowest BCUT2D eigenvalue weighted by Gasteiger charge is -2.09. The zero-order chi connectivity index (χ0) is 13.8. The van der Waals surface area contributed by atoms with E-state index >= 15 is 0 Å². The molecule has 112 valence electrons. The van der Waals surface area contributed by atoms with Gasteiger partial charge in [-0.1, -0.05) is 6.58 Å². The molecular formula is C14H27NO4. The Morgan fingerprint density at radius 2 is 1.58 bits per heavy atom. The largest absolute Gasteiger partial charge is 0.382 e. The number of ether oxygens (including phenoxy) is 4. The van der Waals surface area contributed by atoms with Gasteiger partial charge >= 0.3 is 0 Å². The molecule has 0 aliphatic heterocycles. The topological polar surface area (TPSA) is 49.0 Å². The average molecular weight is 273 g/mol. The molecule has 19 heavy (non-hydrogen) atoms. The van der Waals surface area contributed by atoms with Gasteiger partial charge in [-0.2, -0.15) is 0 Å². The van der Waals surface area contributed by atoms with Gasteiger partial charge in [-0.3, -0.25) is 0 Å². The third kappa shape index (κ3) is 11.1. The molecule has 1 aliphatic rings. The van der Waals surface area contributed by atoms with Gasteiger partial charge in [-0.05, 0) is 18.4 Å². The van der Waals surface area contributed by atoms with E-state index in [0.29, 0.717) is 46.2 Å². The monoisotopic (exact) mass is 273 g/mol. The maximum atomic E-state index is 5.47. The van der Waals surface area contributed by atoms with E-state index < -0.39 is 0 Å². The molecule has 0 saturated heterocycles. The summed E-state index contributed by atoms with van der Waals surface area (Å²) in [4.78, 5) is 0. The van der Waals surface area contributed by atoms with Crippen LogP contribution in [0.3, 0.4) is 0 Å².